The number of benzene rings is 2. The molecule has 1 N–H and O–H groups in total. The van der Waals surface area contributed by atoms with Crippen LogP contribution in [0, 0.1) is 6.92 Å². The zero-order valence-corrected chi connectivity index (χ0v) is 17.0. The van der Waals surface area contributed by atoms with Gasteiger partial charge in [-0.15, -0.1) is 0 Å². The second kappa shape index (κ2) is 7.50. The standard InChI is InChI=1S/C24H21NO6/c1-14-15(11-22(30-14)23(26)25-10-4-6-19(25)24(27)28)13-29-16-8-9-21-18(12-16)17-5-2-3-7-20(17)31-21/h2-3,5,7-9,11-12,19H,4,6,10,13H2,1H3,(H,27,28)/t19-/m0/s1. The highest BCUT2D eigenvalue weighted by Gasteiger charge is 2.35. The van der Waals surface area contributed by atoms with Crippen molar-refractivity contribution in [1.82, 2.24) is 4.90 Å². The molecule has 2 aromatic heterocycles. The number of hydrogen-bond donors (Lipinski definition) is 1. The Labute approximate surface area is 177 Å². The number of nitrogens with zero attached hydrogens (tertiary/aromatic N) is 1. The maximum Gasteiger partial charge on any atom is 0.326 e. The van der Waals surface area contributed by atoms with Gasteiger partial charge in [0.1, 0.15) is 35.3 Å². The minimum Gasteiger partial charge on any atom is -0.489 e. The van der Waals surface area contributed by atoms with Crippen LogP contribution in [0.3, 0.4) is 0 Å². The summed E-state index contributed by atoms with van der Waals surface area (Å²) in [6, 6.07) is 14.3. The Kier molecular flexibility index (Phi) is 4.66. The molecule has 1 atom stereocenters. The minimum atomic E-state index is -0.986. The van der Waals surface area contributed by atoms with Crippen molar-refractivity contribution in [3.63, 3.8) is 0 Å². The van der Waals surface area contributed by atoms with Crippen molar-refractivity contribution < 1.29 is 28.3 Å². The lowest BCUT2D eigenvalue weighted by molar-refractivity contribution is -0.141. The number of carbonyl (C=O) groups is 2. The molecule has 158 valence electrons. The number of rotatable bonds is 5. The normalized spacial score (nSPS) is 16.3. The highest BCUT2D eigenvalue weighted by Crippen LogP contribution is 2.32. The van der Waals surface area contributed by atoms with E-state index in [0.29, 0.717) is 30.9 Å². The van der Waals surface area contributed by atoms with E-state index < -0.39 is 17.9 Å². The maximum absolute atomic E-state index is 12.8. The van der Waals surface area contributed by atoms with Crippen molar-refractivity contribution in [2.75, 3.05) is 6.54 Å². The number of fused-ring (bicyclic) bond motifs is 3. The van der Waals surface area contributed by atoms with Crippen LogP contribution in [-0.4, -0.2) is 34.5 Å². The summed E-state index contributed by atoms with van der Waals surface area (Å²) >= 11 is 0. The van der Waals surface area contributed by atoms with Gasteiger partial charge in [-0.1, -0.05) is 18.2 Å². The lowest BCUT2D eigenvalue weighted by Gasteiger charge is -2.19. The van der Waals surface area contributed by atoms with Crippen LogP contribution < -0.4 is 4.74 Å². The van der Waals surface area contributed by atoms with E-state index in [0.717, 1.165) is 27.5 Å². The highest BCUT2D eigenvalue weighted by molar-refractivity contribution is 6.05. The molecule has 0 saturated carbocycles. The SMILES string of the molecule is Cc1oc(C(=O)N2CCC[C@H]2C(=O)O)cc1COc1ccc2oc3ccccc3c2c1. The Bertz CT molecular complexity index is 1300. The molecule has 5 rings (SSSR count). The largest absolute Gasteiger partial charge is 0.489 e. The van der Waals surface area contributed by atoms with E-state index in [1.54, 1.807) is 13.0 Å². The molecule has 7 heteroatoms. The fraction of sp³-hybridized carbons (Fsp3) is 0.250. The van der Waals surface area contributed by atoms with Crippen molar-refractivity contribution in [2.24, 2.45) is 0 Å². The van der Waals surface area contributed by atoms with Crippen LogP contribution in [0.4, 0.5) is 0 Å². The Hall–Kier alpha value is -3.74. The maximum atomic E-state index is 12.8. The number of hydrogen-bond acceptors (Lipinski definition) is 5. The number of amides is 1. The Morgan fingerprint density at radius 3 is 2.74 bits per heavy atom. The predicted octanol–water partition coefficient (Wildman–Crippen LogP) is 4.76. The Morgan fingerprint density at radius 1 is 1.10 bits per heavy atom. The average molecular weight is 419 g/mol. The molecule has 1 fully saturated rings. The molecular formula is C24H21NO6. The number of aryl methyl sites for hydroxylation is 1. The number of carboxylic acids is 1. The number of likely N-dealkylation sites (tertiary alicyclic amines) is 1. The van der Waals surface area contributed by atoms with Crippen LogP contribution in [0.1, 0.15) is 34.7 Å². The van der Waals surface area contributed by atoms with Gasteiger partial charge in [-0.2, -0.15) is 0 Å². The first-order chi connectivity index (χ1) is 15.0. The van der Waals surface area contributed by atoms with Crippen molar-refractivity contribution in [1.29, 1.82) is 0 Å². The molecular weight excluding hydrogens is 398 g/mol. The molecule has 0 aliphatic carbocycles. The lowest BCUT2D eigenvalue weighted by Crippen LogP contribution is -2.40. The third-order valence-electron chi connectivity index (χ3n) is 5.77. The zero-order chi connectivity index (χ0) is 21.5. The van der Waals surface area contributed by atoms with Crippen LogP contribution in [0.2, 0.25) is 0 Å². The van der Waals surface area contributed by atoms with Crippen molar-refractivity contribution in [3.8, 4) is 5.75 Å². The molecule has 0 spiro atoms. The summed E-state index contributed by atoms with van der Waals surface area (Å²) in [6.07, 6.45) is 1.13. The van der Waals surface area contributed by atoms with Gasteiger partial charge in [0.15, 0.2) is 5.76 Å². The molecule has 1 amide bonds. The summed E-state index contributed by atoms with van der Waals surface area (Å²) < 4.78 is 17.4. The van der Waals surface area contributed by atoms with Crippen LogP contribution in [0.15, 0.2) is 57.4 Å². The first-order valence-electron chi connectivity index (χ1n) is 10.2. The van der Waals surface area contributed by atoms with Crippen LogP contribution in [-0.2, 0) is 11.4 Å². The fourth-order valence-electron chi connectivity index (χ4n) is 4.13. The Morgan fingerprint density at radius 2 is 1.90 bits per heavy atom. The quantitative estimate of drug-likeness (QED) is 0.502. The average Bonchev–Trinajstić information content (AvgIpc) is 3.48. The van der Waals surface area contributed by atoms with Gasteiger partial charge in [0.2, 0.25) is 0 Å². The van der Waals surface area contributed by atoms with E-state index in [9.17, 15) is 14.7 Å². The molecule has 1 saturated heterocycles. The number of carboxylic acid groups (broad SMARTS) is 1. The van der Waals surface area contributed by atoms with E-state index in [-0.39, 0.29) is 12.4 Å². The molecule has 4 aromatic rings. The summed E-state index contributed by atoms with van der Waals surface area (Å²) in [5.41, 5.74) is 2.36. The summed E-state index contributed by atoms with van der Waals surface area (Å²) in [5, 5.41) is 11.3. The summed E-state index contributed by atoms with van der Waals surface area (Å²) in [6.45, 7) is 2.41. The molecule has 0 bridgehead atoms. The van der Waals surface area contributed by atoms with Crippen LogP contribution >= 0.6 is 0 Å². The zero-order valence-electron chi connectivity index (χ0n) is 17.0. The highest BCUT2D eigenvalue weighted by atomic mass is 16.5. The number of furan rings is 2. The van der Waals surface area contributed by atoms with Gasteiger partial charge in [0.25, 0.3) is 5.91 Å². The number of carbonyl (C=O) groups excluding carboxylic acids is 1. The molecule has 0 unspecified atom stereocenters. The Balaban J connectivity index is 1.34. The summed E-state index contributed by atoms with van der Waals surface area (Å²) in [4.78, 5) is 25.5. The number of para-hydroxylation sites is 1. The monoisotopic (exact) mass is 419 g/mol. The summed E-state index contributed by atoms with van der Waals surface area (Å²) in [5.74, 6) is 0.00758. The summed E-state index contributed by atoms with van der Waals surface area (Å²) in [7, 11) is 0. The third-order valence-corrected chi connectivity index (χ3v) is 5.77. The minimum absolute atomic E-state index is 0.139. The fourth-order valence-corrected chi connectivity index (χ4v) is 4.13. The lowest BCUT2D eigenvalue weighted by atomic mass is 10.1. The van der Waals surface area contributed by atoms with E-state index in [4.69, 9.17) is 13.6 Å². The first kappa shape index (κ1) is 19.2. The van der Waals surface area contributed by atoms with Crippen molar-refractivity contribution >= 4 is 33.8 Å². The van der Waals surface area contributed by atoms with Gasteiger partial charge in [-0.05, 0) is 50.1 Å². The van der Waals surface area contributed by atoms with Gasteiger partial charge in [0, 0.05) is 22.9 Å². The van der Waals surface area contributed by atoms with Gasteiger partial charge in [-0.25, -0.2) is 4.79 Å². The van der Waals surface area contributed by atoms with Crippen LogP contribution in [0.25, 0.3) is 21.9 Å². The molecule has 31 heavy (non-hydrogen) atoms. The van der Waals surface area contributed by atoms with Crippen LogP contribution in [0.5, 0.6) is 5.75 Å². The second-order valence-electron chi connectivity index (χ2n) is 7.73. The van der Waals surface area contributed by atoms with Crippen molar-refractivity contribution in [3.05, 3.63) is 65.6 Å². The van der Waals surface area contributed by atoms with Gasteiger partial charge in [-0.3, -0.25) is 4.79 Å². The molecule has 1 aliphatic heterocycles. The molecule has 0 radical (unpaired) electrons. The predicted molar refractivity (Wildman–Crippen MR) is 113 cm³/mol. The van der Waals surface area contributed by atoms with E-state index >= 15 is 0 Å². The first-order valence-corrected chi connectivity index (χ1v) is 10.2. The number of ether oxygens (including phenoxy) is 1. The van der Waals surface area contributed by atoms with Crippen molar-refractivity contribution in [2.45, 2.75) is 32.4 Å². The van der Waals surface area contributed by atoms with E-state index in [1.807, 2.05) is 42.5 Å². The molecule has 7 nitrogen and oxygen atoms in total. The topological polar surface area (TPSA) is 93.1 Å². The van der Waals surface area contributed by atoms with Gasteiger partial charge >= 0.3 is 5.97 Å². The smallest absolute Gasteiger partial charge is 0.326 e. The third kappa shape index (κ3) is 3.42. The molecule has 3 heterocycles. The van der Waals surface area contributed by atoms with E-state index in [1.165, 1.54) is 4.90 Å². The second-order valence-corrected chi connectivity index (χ2v) is 7.73. The molecule has 2 aromatic carbocycles. The van der Waals surface area contributed by atoms with Gasteiger partial charge < -0.3 is 23.6 Å². The number of aliphatic carboxylic acids is 1. The van der Waals surface area contributed by atoms with Gasteiger partial charge in [0.05, 0.1) is 0 Å². The molecule has 1 aliphatic rings. The van der Waals surface area contributed by atoms with E-state index in [2.05, 4.69) is 0 Å².